The summed E-state index contributed by atoms with van der Waals surface area (Å²) in [7, 11) is 0. The first-order chi connectivity index (χ1) is 8.14. The van der Waals surface area contributed by atoms with E-state index in [1.807, 2.05) is 0 Å². The highest BCUT2D eigenvalue weighted by Gasteiger charge is 2.83. The van der Waals surface area contributed by atoms with Crippen LogP contribution in [-0.4, -0.2) is 30.2 Å². The van der Waals surface area contributed by atoms with Crippen LogP contribution in [0.5, 0.6) is 0 Å². The molecule has 0 aliphatic carbocycles. The van der Waals surface area contributed by atoms with Crippen LogP contribution in [0.25, 0.3) is 0 Å². The molecule has 0 bridgehead atoms. The second-order valence-corrected chi connectivity index (χ2v) is 3.00. The van der Waals surface area contributed by atoms with Gasteiger partial charge in [0.05, 0.1) is 0 Å². The van der Waals surface area contributed by atoms with Crippen molar-refractivity contribution in [1.82, 2.24) is 0 Å². The van der Waals surface area contributed by atoms with Gasteiger partial charge in [-0.2, -0.15) is 39.5 Å². The van der Waals surface area contributed by atoms with E-state index in [4.69, 9.17) is 0 Å². The number of hydrogen-bond acceptors (Lipinski definition) is 1. The molecule has 12 heteroatoms. The van der Waals surface area contributed by atoms with Gasteiger partial charge >= 0.3 is 23.9 Å². The van der Waals surface area contributed by atoms with Crippen LogP contribution < -0.4 is 0 Å². The summed E-state index contributed by atoms with van der Waals surface area (Å²) in [4.78, 5) is 9.51. The number of allylic oxidation sites excluding steroid dienone is 2. The molecule has 1 nitrogen and oxygen atoms in total. The molecular weight excluding hydrogens is 309 g/mol. The topological polar surface area (TPSA) is 17.1 Å². The minimum absolute atomic E-state index is 1.40. The van der Waals surface area contributed by atoms with E-state index in [2.05, 4.69) is 0 Å². The second kappa shape index (κ2) is 4.63. The number of carbonyl (C=O) groups excluding carboxylic acids is 1. The van der Waals surface area contributed by atoms with Crippen LogP contribution in [0.2, 0.25) is 0 Å². The van der Waals surface area contributed by atoms with Crippen molar-refractivity contribution in [3.8, 4) is 0 Å². The predicted molar refractivity (Wildman–Crippen MR) is 36.2 cm³/mol. The van der Waals surface area contributed by atoms with E-state index in [9.17, 15) is 53.1 Å². The van der Waals surface area contributed by atoms with Crippen LogP contribution in [0.1, 0.15) is 0 Å². The van der Waals surface area contributed by atoms with Crippen molar-refractivity contribution in [2.45, 2.75) is 23.9 Å². The Labute approximate surface area is 96.2 Å². The number of alkyl halides is 9. The van der Waals surface area contributed by atoms with Gasteiger partial charge in [0.25, 0.3) is 0 Å². The lowest BCUT2D eigenvalue weighted by Crippen LogP contribution is -2.61. The van der Waals surface area contributed by atoms with Crippen molar-refractivity contribution in [3.63, 3.8) is 0 Å². The van der Waals surface area contributed by atoms with E-state index in [-0.39, 0.29) is 0 Å². The SMILES string of the molecule is O=CC(F)=C(F)C(F)(F)C(F)(F)C(F)(F)C(F)(F)F. The number of hydrogen-bond donors (Lipinski definition) is 0. The summed E-state index contributed by atoms with van der Waals surface area (Å²) in [6, 6.07) is 0. The van der Waals surface area contributed by atoms with E-state index < -0.39 is 41.9 Å². The lowest BCUT2D eigenvalue weighted by atomic mass is 10.0. The highest BCUT2D eigenvalue weighted by atomic mass is 19.4. The van der Waals surface area contributed by atoms with Crippen molar-refractivity contribution < 1.29 is 53.1 Å². The third-order valence-corrected chi connectivity index (χ3v) is 1.73. The largest absolute Gasteiger partial charge is 0.460 e. The van der Waals surface area contributed by atoms with Gasteiger partial charge in [-0.25, -0.2) is 8.78 Å². The van der Waals surface area contributed by atoms with Crippen molar-refractivity contribution >= 4 is 6.29 Å². The van der Waals surface area contributed by atoms with Gasteiger partial charge in [-0.3, -0.25) is 4.79 Å². The fraction of sp³-hybridized carbons (Fsp3) is 0.571. The number of aldehydes is 1. The van der Waals surface area contributed by atoms with Gasteiger partial charge in [0, 0.05) is 0 Å². The summed E-state index contributed by atoms with van der Waals surface area (Å²) < 4.78 is 133. The molecule has 0 rings (SSSR count). The summed E-state index contributed by atoms with van der Waals surface area (Å²) >= 11 is 0. The smallest absolute Gasteiger partial charge is 0.295 e. The zero-order valence-electron chi connectivity index (χ0n) is 8.14. The van der Waals surface area contributed by atoms with Gasteiger partial charge < -0.3 is 0 Å². The van der Waals surface area contributed by atoms with Crippen LogP contribution in [0.3, 0.4) is 0 Å². The van der Waals surface area contributed by atoms with E-state index in [1.165, 1.54) is 0 Å². The Morgan fingerprint density at radius 1 is 0.737 bits per heavy atom. The van der Waals surface area contributed by atoms with Gasteiger partial charge in [0.1, 0.15) is 0 Å². The molecule has 0 aliphatic heterocycles. The van der Waals surface area contributed by atoms with Gasteiger partial charge in [0.15, 0.2) is 6.29 Å². The summed E-state index contributed by atoms with van der Waals surface area (Å²) in [5.41, 5.74) is 0. The molecule has 0 N–H and O–H groups in total. The van der Waals surface area contributed by atoms with Gasteiger partial charge in [-0.15, -0.1) is 0 Å². The molecule has 0 aromatic carbocycles. The molecule has 0 unspecified atom stereocenters. The monoisotopic (exact) mass is 310 g/mol. The normalized spacial score (nSPS) is 16.2. The first kappa shape index (κ1) is 17.6. The summed E-state index contributed by atoms with van der Waals surface area (Å²) in [5.74, 6) is -28.8. The highest BCUT2D eigenvalue weighted by molar-refractivity contribution is 5.71. The Kier molecular flexibility index (Phi) is 4.30. The molecule has 0 saturated heterocycles. The van der Waals surface area contributed by atoms with Crippen molar-refractivity contribution in [3.05, 3.63) is 11.7 Å². The predicted octanol–water partition coefficient (Wildman–Crippen LogP) is 3.80. The van der Waals surface area contributed by atoms with Crippen molar-refractivity contribution in [1.29, 1.82) is 0 Å². The number of halogens is 11. The minimum Gasteiger partial charge on any atom is -0.295 e. The third kappa shape index (κ3) is 2.52. The Morgan fingerprint density at radius 2 is 1.11 bits per heavy atom. The molecule has 0 spiro atoms. The summed E-state index contributed by atoms with van der Waals surface area (Å²) in [6.45, 7) is 0. The maximum absolute atomic E-state index is 12.5. The molecular formula is C7HF11O. The van der Waals surface area contributed by atoms with Crippen LogP contribution in [0.4, 0.5) is 48.3 Å². The minimum atomic E-state index is -7.36. The third-order valence-electron chi connectivity index (χ3n) is 1.73. The molecule has 0 atom stereocenters. The number of carbonyl (C=O) groups is 1. The lowest BCUT2D eigenvalue weighted by molar-refractivity contribution is -0.391. The van der Waals surface area contributed by atoms with Gasteiger partial charge in [-0.05, 0) is 0 Å². The fourth-order valence-corrected chi connectivity index (χ4v) is 0.715. The quantitative estimate of drug-likeness (QED) is 0.438. The molecule has 0 aromatic heterocycles. The Hall–Kier alpha value is -1.36. The van der Waals surface area contributed by atoms with Crippen LogP contribution in [0.15, 0.2) is 11.7 Å². The zero-order valence-corrected chi connectivity index (χ0v) is 8.14. The Balaban J connectivity index is 5.99. The van der Waals surface area contributed by atoms with Crippen LogP contribution in [-0.2, 0) is 4.79 Å². The van der Waals surface area contributed by atoms with Crippen molar-refractivity contribution in [2.75, 3.05) is 0 Å². The molecule has 0 aromatic rings. The molecule has 0 amide bonds. The fourth-order valence-electron chi connectivity index (χ4n) is 0.715. The van der Waals surface area contributed by atoms with E-state index >= 15 is 0 Å². The summed E-state index contributed by atoms with van der Waals surface area (Å²) in [5, 5.41) is 0. The average molecular weight is 310 g/mol. The lowest BCUT2D eigenvalue weighted by Gasteiger charge is -2.32. The first-order valence-corrected chi connectivity index (χ1v) is 3.85. The molecule has 0 aliphatic rings. The zero-order chi connectivity index (χ0) is 15.9. The molecule has 0 fully saturated rings. The van der Waals surface area contributed by atoms with E-state index in [0.29, 0.717) is 0 Å². The maximum Gasteiger partial charge on any atom is 0.460 e. The molecule has 19 heavy (non-hydrogen) atoms. The van der Waals surface area contributed by atoms with Gasteiger partial charge in [-0.1, -0.05) is 0 Å². The average Bonchev–Trinajstić information content (AvgIpc) is 2.24. The van der Waals surface area contributed by atoms with E-state index in [0.717, 1.165) is 0 Å². The second-order valence-electron chi connectivity index (χ2n) is 3.00. The molecule has 0 heterocycles. The van der Waals surface area contributed by atoms with E-state index in [1.54, 1.807) is 0 Å². The van der Waals surface area contributed by atoms with Crippen LogP contribution in [0, 0.1) is 0 Å². The molecule has 0 radical (unpaired) electrons. The Bertz CT molecular complexity index is 390. The highest BCUT2D eigenvalue weighted by Crippen LogP contribution is 2.55. The molecule has 0 saturated carbocycles. The molecule has 112 valence electrons. The Morgan fingerprint density at radius 3 is 1.37 bits per heavy atom. The first-order valence-electron chi connectivity index (χ1n) is 3.85. The standard InChI is InChI=1S/C7HF11O/c8-2(1-19)3(9)4(10,11)5(12,13)6(14,15)7(16,17)18/h1H. The van der Waals surface area contributed by atoms with Crippen LogP contribution >= 0.6 is 0 Å². The summed E-state index contributed by atoms with van der Waals surface area (Å²) in [6.07, 6.45) is -8.55. The maximum atomic E-state index is 12.5. The van der Waals surface area contributed by atoms with Crippen molar-refractivity contribution in [2.24, 2.45) is 0 Å². The number of rotatable bonds is 4. The van der Waals surface area contributed by atoms with Gasteiger partial charge in [0.2, 0.25) is 11.7 Å².